The van der Waals surface area contributed by atoms with E-state index < -0.39 is 0 Å². The van der Waals surface area contributed by atoms with E-state index >= 15 is 0 Å². The summed E-state index contributed by atoms with van der Waals surface area (Å²) in [7, 11) is 0. The minimum atomic E-state index is -0.152. The molecule has 12 rings (SSSR count). The van der Waals surface area contributed by atoms with Crippen LogP contribution in [-0.2, 0) is 0 Å². The van der Waals surface area contributed by atoms with Crippen molar-refractivity contribution in [1.82, 2.24) is 28.7 Å². The fourth-order valence-corrected chi connectivity index (χ4v) is 8.74. The lowest BCUT2D eigenvalue weighted by Gasteiger charge is -2.04. The number of nitrogens with zero attached hydrogens (tertiary/aromatic N) is 4. The average Bonchev–Trinajstić information content (AvgIpc) is 3.89. The summed E-state index contributed by atoms with van der Waals surface area (Å²) in [5.41, 5.74) is 9.31. The van der Waals surface area contributed by atoms with E-state index in [1.165, 1.54) is 11.3 Å². The standard InChI is InChI=1S/C40H20N6O3S/c47-37-22-5-1-4-8-35(22)49-39-43-32-15-24-21-11-9-20(14-29(21)42-31(24)18-34(32)45(37)39)19-10-12-27-23(13-19)25-17-36-26(16-30(25)41-27)38(48)46-33-7-3-2-6-28(33)44-40(46)50-36/h1-18,41-42H. The molecule has 0 aliphatic heterocycles. The van der Waals surface area contributed by atoms with Gasteiger partial charge in [0.1, 0.15) is 5.58 Å². The number of hydrogen-bond donors (Lipinski definition) is 2. The van der Waals surface area contributed by atoms with Crippen molar-refractivity contribution in [3.63, 3.8) is 0 Å². The molecule has 0 aliphatic carbocycles. The third-order valence-electron chi connectivity index (χ3n) is 10.1. The summed E-state index contributed by atoms with van der Waals surface area (Å²) in [6.07, 6.45) is 0. The van der Waals surface area contributed by atoms with Crippen molar-refractivity contribution in [2.45, 2.75) is 0 Å². The van der Waals surface area contributed by atoms with Crippen LogP contribution in [0.15, 0.2) is 123 Å². The van der Waals surface area contributed by atoms with Crippen molar-refractivity contribution >= 4 is 109 Å². The van der Waals surface area contributed by atoms with E-state index in [0.717, 1.165) is 70.5 Å². The molecule has 10 heteroatoms. The van der Waals surface area contributed by atoms with Crippen molar-refractivity contribution in [1.29, 1.82) is 0 Å². The number of nitrogens with one attached hydrogen (secondary N) is 2. The van der Waals surface area contributed by atoms with Gasteiger partial charge in [-0.1, -0.05) is 53.8 Å². The number of imidazole rings is 2. The Kier molecular flexibility index (Phi) is 4.72. The maximum absolute atomic E-state index is 13.7. The topological polar surface area (TPSA) is 113 Å². The minimum Gasteiger partial charge on any atom is -0.424 e. The Bertz CT molecular complexity index is 3620. The predicted molar refractivity (Wildman–Crippen MR) is 201 cm³/mol. The Morgan fingerprint density at radius 1 is 0.540 bits per heavy atom. The molecule has 6 aromatic carbocycles. The molecule has 50 heavy (non-hydrogen) atoms. The molecule has 0 saturated heterocycles. The molecule has 0 atom stereocenters. The average molecular weight is 665 g/mol. The highest BCUT2D eigenvalue weighted by Gasteiger charge is 2.17. The fourth-order valence-electron chi connectivity index (χ4n) is 7.70. The highest BCUT2D eigenvalue weighted by atomic mass is 32.1. The third kappa shape index (κ3) is 3.34. The lowest BCUT2D eigenvalue weighted by molar-refractivity contribution is 0.616. The molecule has 6 aromatic heterocycles. The Labute approximate surface area is 282 Å². The monoisotopic (exact) mass is 664 g/mol. The zero-order valence-electron chi connectivity index (χ0n) is 25.8. The van der Waals surface area contributed by atoms with Gasteiger partial charge in [-0.15, -0.1) is 0 Å². The van der Waals surface area contributed by atoms with Crippen LogP contribution in [0.2, 0.25) is 0 Å². The SMILES string of the molecule is O=c1c2ccccc2oc2nc3cc4c(cc3n12)[nH]c1cc(-c2ccc3[nH]c5cc6c(=O)n7c(nc8ccccc87)sc6cc5c3c2)ccc14. The van der Waals surface area contributed by atoms with Crippen molar-refractivity contribution < 1.29 is 4.42 Å². The molecule has 6 heterocycles. The first-order valence-corrected chi connectivity index (χ1v) is 17.0. The van der Waals surface area contributed by atoms with E-state index in [1.54, 1.807) is 20.9 Å². The van der Waals surface area contributed by atoms with Gasteiger partial charge in [0.05, 0.1) is 32.8 Å². The molecule has 234 valence electrons. The molecule has 0 radical (unpaired) electrons. The molecule has 2 N–H and O–H groups in total. The molecule has 12 aromatic rings. The van der Waals surface area contributed by atoms with Gasteiger partial charge in [0.2, 0.25) is 0 Å². The number of aromatic nitrogens is 6. The first kappa shape index (κ1) is 26.2. The van der Waals surface area contributed by atoms with E-state index in [0.29, 0.717) is 32.3 Å². The molecule has 0 fully saturated rings. The summed E-state index contributed by atoms with van der Waals surface area (Å²) in [6.45, 7) is 0. The van der Waals surface area contributed by atoms with Crippen LogP contribution in [0.3, 0.4) is 0 Å². The Morgan fingerprint density at radius 3 is 2.24 bits per heavy atom. The van der Waals surface area contributed by atoms with Gasteiger partial charge < -0.3 is 14.4 Å². The van der Waals surface area contributed by atoms with Crippen LogP contribution in [0.1, 0.15) is 0 Å². The highest BCUT2D eigenvalue weighted by molar-refractivity contribution is 7.23. The summed E-state index contributed by atoms with van der Waals surface area (Å²) in [5.74, 6) is 0.279. The summed E-state index contributed by atoms with van der Waals surface area (Å²) in [6, 6.07) is 35.9. The summed E-state index contributed by atoms with van der Waals surface area (Å²) < 4.78 is 10.2. The van der Waals surface area contributed by atoms with E-state index in [1.807, 2.05) is 54.6 Å². The normalized spacial score (nSPS) is 12.6. The fraction of sp³-hybridized carbons (Fsp3) is 0. The van der Waals surface area contributed by atoms with E-state index in [9.17, 15) is 9.59 Å². The first-order chi connectivity index (χ1) is 24.6. The van der Waals surface area contributed by atoms with E-state index in [4.69, 9.17) is 9.40 Å². The second kappa shape index (κ2) is 9.01. The maximum Gasteiger partial charge on any atom is 0.310 e. The number of rotatable bonds is 1. The number of aromatic amines is 2. The van der Waals surface area contributed by atoms with Crippen molar-refractivity contribution in [3.8, 4) is 11.1 Å². The van der Waals surface area contributed by atoms with Crippen LogP contribution in [0, 0.1) is 0 Å². The predicted octanol–water partition coefficient (Wildman–Crippen LogP) is 8.91. The Hall–Kier alpha value is -6.78. The molecule has 0 bridgehead atoms. The molecule has 0 aliphatic rings. The summed E-state index contributed by atoms with van der Waals surface area (Å²) in [5, 5.41) is 5.43. The Balaban J connectivity index is 1.01. The van der Waals surface area contributed by atoms with Crippen LogP contribution in [0.4, 0.5) is 0 Å². The molecule has 0 unspecified atom stereocenters. The molecule has 0 amide bonds. The van der Waals surface area contributed by atoms with Crippen LogP contribution in [-0.4, -0.2) is 28.7 Å². The smallest absolute Gasteiger partial charge is 0.310 e. The van der Waals surface area contributed by atoms with Crippen LogP contribution in [0.25, 0.3) is 109 Å². The molecular formula is C40H20N6O3S. The second-order valence-electron chi connectivity index (χ2n) is 12.8. The minimum absolute atomic E-state index is 0.0611. The van der Waals surface area contributed by atoms with E-state index in [-0.39, 0.29) is 17.0 Å². The second-order valence-corrected chi connectivity index (χ2v) is 13.8. The summed E-state index contributed by atoms with van der Waals surface area (Å²) in [4.78, 5) is 44.4. The number of para-hydroxylation sites is 3. The zero-order valence-corrected chi connectivity index (χ0v) is 26.6. The van der Waals surface area contributed by atoms with Gasteiger partial charge in [-0.05, 0) is 77.9 Å². The van der Waals surface area contributed by atoms with Gasteiger partial charge in [0, 0.05) is 48.3 Å². The third-order valence-corrected chi connectivity index (χ3v) is 11.1. The molecular weight excluding hydrogens is 645 g/mol. The van der Waals surface area contributed by atoms with Crippen molar-refractivity contribution in [2.75, 3.05) is 0 Å². The van der Waals surface area contributed by atoms with Gasteiger partial charge in [-0.3, -0.25) is 9.59 Å². The zero-order chi connectivity index (χ0) is 32.8. The van der Waals surface area contributed by atoms with E-state index in [2.05, 4.69) is 57.4 Å². The number of benzene rings is 6. The molecule has 9 nitrogen and oxygen atoms in total. The number of H-pyrrole nitrogens is 2. The summed E-state index contributed by atoms with van der Waals surface area (Å²) >= 11 is 1.53. The van der Waals surface area contributed by atoms with Gasteiger partial charge in [-0.25, -0.2) is 13.8 Å². The maximum atomic E-state index is 13.7. The number of hydrogen-bond acceptors (Lipinski definition) is 6. The first-order valence-electron chi connectivity index (χ1n) is 16.2. The van der Waals surface area contributed by atoms with Gasteiger partial charge in [0.25, 0.3) is 11.1 Å². The quantitative estimate of drug-likeness (QED) is 0.182. The lowest BCUT2D eigenvalue weighted by Crippen LogP contribution is -2.12. The van der Waals surface area contributed by atoms with Gasteiger partial charge in [-0.2, -0.15) is 4.98 Å². The van der Waals surface area contributed by atoms with Crippen LogP contribution in [0.5, 0.6) is 0 Å². The highest BCUT2D eigenvalue weighted by Crippen LogP contribution is 2.36. The van der Waals surface area contributed by atoms with Crippen molar-refractivity contribution in [3.05, 3.63) is 130 Å². The van der Waals surface area contributed by atoms with Gasteiger partial charge in [0.15, 0.2) is 4.96 Å². The van der Waals surface area contributed by atoms with Crippen molar-refractivity contribution in [2.24, 2.45) is 0 Å². The van der Waals surface area contributed by atoms with Gasteiger partial charge >= 0.3 is 5.84 Å². The van der Waals surface area contributed by atoms with Crippen LogP contribution >= 0.6 is 11.3 Å². The molecule has 0 spiro atoms. The van der Waals surface area contributed by atoms with Crippen LogP contribution < -0.4 is 11.1 Å². The largest absolute Gasteiger partial charge is 0.424 e. The number of fused-ring (bicyclic) bond motifs is 14. The lowest BCUT2D eigenvalue weighted by atomic mass is 10.0. The Morgan fingerprint density at radius 2 is 1.28 bits per heavy atom. The molecule has 0 saturated carbocycles.